The fraction of sp³-hybridized carbons (Fsp3) is 0.500. The molecule has 0 radical (unpaired) electrons. The third-order valence-corrected chi connectivity index (χ3v) is 8.58. The van der Waals surface area contributed by atoms with Crippen molar-refractivity contribution >= 4 is 5.91 Å². The molecule has 40 heavy (non-hydrogen) atoms. The minimum Gasteiger partial charge on any atom is -0.492 e. The van der Waals surface area contributed by atoms with E-state index in [1.165, 1.54) is 0 Å². The first kappa shape index (κ1) is 28.0. The number of hydrogen-bond acceptors (Lipinski definition) is 6. The van der Waals surface area contributed by atoms with Crippen LogP contribution in [-0.4, -0.2) is 60.6 Å². The molecular weight excluding hydrogens is 506 g/mol. The molecule has 0 unspecified atom stereocenters. The van der Waals surface area contributed by atoms with Crippen LogP contribution in [0.15, 0.2) is 27.4 Å². The Balaban J connectivity index is 1.58. The van der Waals surface area contributed by atoms with Crippen molar-refractivity contribution < 1.29 is 18.7 Å². The van der Waals surface area contributed by atoms with E-state index in [-0.39, 0.29) is 24.1 Å². The highest BCUT2D eigenvalue weighted by Gasteiger charge is 2.36. The number of ether oxygens (including phenoxy) is 2. The molecule has 2 aromatic heterocycles. The van der Waals surface area contributed by atoms with Gasteiger partial charge in [-0.15, -0.1) is 0 Å². The Hall–Kier alpha value is -3.52. The van der Waals surface area contributed by atoms with E-state index in [1.54, 1.807) is 12.0 Å². The average molecular weight is 548 g/mol. The van der Waals surface area contributed by atoms with Gasteiger partial charge in [-0.1, -0.05) is 0 Å². The predicted molar refractivity (Wildman–Crippen MR) is 156 cm³/mol. The zero-order chi connectivity index (χ0) is 28.7. The van der Waals surface area contributed by atoms with Crippen LogP contribution in [0.5, 0.6) is 11.5 Å². The molecule has 0 saturated heterocycles. The van der Waals surface area contributed by atoms with Gasteiger partial charge < -0.3 is 28.7 Å². The van der Waals surface area contributed by atoms with E-state index in [0.717, 1.165) is 59.4 Å². The van der Waals surface area contributed by atoms with Crippen molar-refractivity contribution in [3.63, 3.8) is 0 Å². The van der Waals surface area contributed by atoms with E-state index in [1.807, 2.05) is 45.9 Å². The van der Waals surface area contributed by atoms with Gasteiger partial charge in [0.2, 0.25) is 0 Å². The summed E-state index contributed by atoms with van der Waals surface area (Å²) in [6.07, 6.45) is 4.65. The van der Waals surface area contributed by atoms with Crippen LogP contribution >= 0.6 is 0 Å². The van der Waals surface area contributed by atoms with Crippen LogP contribution in [-0.2, 0) is 13.0 Å². The molecule has 1 saturated carbocycles. The second kappa shape index (κ2) is 11.2. The number of aromatic nitrogens is 1. The molecule has 214 valence electrons. The zero-order valence-corrected chi connectivity index (χ0v) is 24.8. The van der Waals surface area contributed by atoms with Gasteiger partial charge in [0, 0.05) is 29.4 Å². The Labute approximate surface area is 236 Å². The highest BCUT2D eigenvalue weighted by Crippen LogP contribution is 2.48. The molecule has 3 heterocycles. The van der Waals surface area contributed by atoms with Crippen LogP contribution in [0, 0.1) is 27.7 Å². The third kappa shape index (κ3) is 5.17. The zero-order valence-electron chi connectivity index (χ0n) is 24.8. The van der Waals surface area contributed by atoms with Gasteiger partial charge in [-0.05, 0) is 103 Å². The van der Waals surface area contributed by atoms with Gasteiger partial charge in [0.15, 0.2) is 11.5 Å². The summed E-state index contributed by atoms with van der Waals surface area (Å²) < 4.78 is 18.8. The Bertz CT molecular complexity index is 1480. The second-order valence-corrected chi connectivity index (χ2v) is 11.6. The lowest BCUT2D eigenvalue weighted by Crippen LogP contribution is -2.40. The molecule has 1 aliphatic heterocycles. The first-order valence-electron chi connectivity index (χ1n) is 14.2. The number of amides is 1. The number of carbonyl (C=O) groups excluding carboxylic acids is 1. The molecule has 3 aromatic rings. The van der Waals surface area contributed by atoms with Crippen molar-refractivity contribution in [2.75, 3.05) is 27.7 Å². The molecule has 8 heteroatoms. The fourth-order valence-electron chi connectivity index (χ4n) is 6.36. The summed E-state index contributed by atoms with van der Waals surface area (Å²) >= 11 is 0. The summed E-state index contributed by atoms with van der Waals surface area (Å²) in [4.78, 5) is 33.9. The van der Waals surface area contributed by atoms with E-state index in [0.29, 0.717) is 47.4 Å². The van der Waals surface area contributed by atoms with Crippen molar-refractivity contribution in [2.45, 2.75) is 78.5 Å². The smallest absolute Gasteiger partial charge is 0.254 e. The molecule has 0 spiro atoms. The Morgan fingerprint density at radius 3 is 2.35 bits per heavy atom. The number of methoxy groups -OCH3 is 1. The standard InChI is InChI=1S/C32H41N3O5/c1-18-16-19(2)33-31(36)25(18)17-35-15-14-24-27(32(35)37)21(4)29(40-23-11-9-22(10-12-23)34(5)6)30(38-7)28(24)26-13-8-20(3)39-26/h8,13,16,22-23H,9-12,14-15,17H2,1-7H3,(H,33,36)/t22-,23-. The maximum atomic E-state index is 14.2. The highest BCUT2D eigenvalue weighted by atomic mass is 16.5. The SMILES string of the molecule is COc1c(O[C@H]2CC[C@H](N(C)C)CC2)c(C)c2c(c1-c1ccc(C)o1)CCN(Cc1c(C)cc(C)[nH]c1=O)C2=O. The number of rotatable bonds is 7. The molecular formula is C32H41N3O5. The number of hydrogen-bond donors (Lipinski definition) is 1. The van der Waals surface area contributed by atoms with Crippen LogP contribution in [0.3, 0.4) is 0 Å². The molecule has 1 fully saturated rings. The molecule has 5 rings (SSSR count). The van der Waals surface area contributed by atoms with Crippen LogP contribution in [0.25, 0.3) is 11.3 Å². The average Bonchev–Trinajstić information content (AvgIpc) is 3.34. The number of benzene rings is 1. The first-order valence-corrected chi connectivity index (χ1v) is 14.2. The van der Waals surface area contributed by atoms with Crippen molar-refractivity contribution in [3.8, 4) is 22.8 Å². The number of fused-ring (bicyclic) bond motifs is 1. The number of nitrogens with one attached hydrogen (secondary N) is 1. The normalized spacial score (nSPS) is 19.2. The van der Waals surface area contributed by atoms with Crippen LogP contribution in [0.2, 0.25) is 0 Å². The quantitative estimate of drug-likeness (QED) is 0.430. The molecule has 1 aromatic carbocycles. The van der Waals surface area contributed by atoms with Crippen molar-refractivity contribution in [1.29, 1.82) is 0 Å². The highest BCUT2D eigenvalue weighted by molar-refractivity contribution is 6.02. The number of aryl methyl sites for hydroxylation is 3. The Morgan fingerprint density at radius 1 is 1.02 bits per heavy atom. The number of carbonyl (C=O) groups is 1. The van der Waals surface area contributed by atoms with Gasteiger partial charge in [0.25, 0.3) is 11.5 Å². The summed E-state index contributed by atoms with van der Waals surface area (Å²) in [7, 11) is 5.91. The van der Waals surface area contributed by atoms with Crippen LogP contribution < -0.4 is 15.0 Å². The third-order valence-electron chi connectivity index (χ3n) is 8.58. The number of pyridine rings is 1. The minimum absolute atomic E-state index is 0.0385. The van der Waals surface area contributed by atoms with Crippen molar-refractivity contribution in [2.24, 2.45) is 0 Å². The topological polar surface area (TPSA) is 88.0 Å². The number of H-pyrrole nitrogens is 1. The molecule has 0 bridgehead atoms. The lowest BCUT2D eigenvalue weighted by atomic mass is 9.87. The van der Waals surface area contributed by atoms with Gasteiger partial charge in [-0.25, -0.2) is 0 Å². The van der Waals surface area contributed by atoms with Gasteiger partial charge in [0.1, 0.15) is 11.5 Å². The monoisotopic (exact) mass is 547 g/mol. The van der Waals surface area contributed by atoms with Gasteiger partial charge in [-0.3, -0.25) is 9.59 Å². The predicted octanol–water partition coefficient (Wildman–Crippen LogP) is 5.33. The van der Waals surface area contributed by atoms with Crippen molar-refractivity contribution in [3.05, 3.63) is 67.8 Å². The summed E-state index contributed by atoms with van der Waals surface area (Å²) in [6.45, 7) is 8.39. The largest absolute Gasteiger partial charge is 0.492 e. The van der Waals surface area contributed by atoms with E-state index < -0.39 is 0 Å². The summed E-state index contributed by atoms with van der Waals surface area (Å²) in [5.74, 6) is 2.57. The van der Waals surface area contributed by atoms with E-state index in [9.17, 15) is 9.59 Å². The summed E-state index contributed by atoms with van der Waals surface area (Å²) in [5, 5.41) is 0. The Morgan fingerprint density at radius 2 is 1.75 bits per heavy atom. The molecule has 1 N–H and O–H groups in total. The van der Waals surface area contributed by atoms with Gasteiger partial charge in [0.05, 0.1) is 30.9 Å². The van der Waals surface area contributed by atoms with E-state index in [2.05, 4.69) is 24.0 Å². The molecule has 2 aliphatic rings. The fourth-order valence-corrected chi connectivity index (χ4v) is 6.36. The maximum Gasteiger partial charge on any atom is 0.254 e. The lowest BCUT2D eigenvalue weighted by molar-refractivity contribution is 0.0722. The number of furan rings is 1. The van der Waals surface area contributed by atoms with Gasteiger partial charge in [-0.2, -0.15) is 0 Å². The minimum atomic E-state index is -0.147. The van der Waals surface area contributed by atoms with E-state index >= 15 is 0 Å². The van der Waals surface area contributed by atoms with Crippen LogP contribution in [0.1, 0.15) is 69.7 Å². The molecule has 0 atom stereocenters. The van der Waals surface area contributed by atoms with Gasteiger partial charge >= 0.3 is 0 Å². The first-order chi connectivity index (χ1) is 19.1. The summed E-state index contributed by atoms with van der Waals surface area (Å²) in [6, 6.07) is 6.36. The molecule has 1 aliphatic carbocycles. The maximum absolute atomic E-state index is 14.2. The number of aromatic amines is 1. The second-order valence-electron chi connectivity index (χ2n) is 11.6. The summed E-state index contributed by atoms with van der Waals surface area (Å²) in [5.41, 5.74) is 5.25. The van der Waals surface area contributed by atoms with Crippen LogP contribution in [0.4, 0.5) is 0 Å². The molecule has 1 amide bonds. The van der Waals surface area contributed by atoms with E-state index in [4.69, 9.17) is 13.9 Å². The Kier molecular flexibility index (Phi) is 7.82. The van der Waals surface area contributed by atoms with Crippen molar-refractivity contribution in [1.82, 2.24) is 14.8 Å². The molecule has 8 nitrogen and oxygen atoms in total. The number of nitrogens with zero attached hydrogens (tertiary/aromatic N) is 2. The lowest BCUT2D eigenvalue weighted by Gasteiger charge is -2.35.